The SMILES string of the molecule is C[C@H]1O[C@@H](N2C=CC(NC(=O)OC(C)(C)C)NC2=O)CC1S. The zero-order valence-electron chi connectivity index (χ0n) is 13.2. The van der Waals surface area contributed by atoms with E-state index in [-0.39, 0.29) is 23.6 Å². The number of ether oxygens (including phenoxy) is 2. The Morgan fingerprint density at radius 1 is 1.55 bits per heavy atom. The highest BCUT2D eigenvalue weighted by Gasteiger charge is 2.37. The monoisotopic (exact) mass is 329 g/mol. The zero-order chi connectivity index (χ0) is 16.5. The lowest BCUT2D eigenvalue weighted by Gasteiger charge is -2.31. The topological polar surface area (TPSA) is 79.9 Å². The molecule has 1 saturated heterocycles. The summed E-state index contributed by atoms with van der Waals surface area (Å²) in [6, 6.07) is -0.330. The summed E-state index contributed by atoms with van der Waals surface area (Å²) in [5.41, 5.74) is -0.589. The fourth-order valence-electron chi connectivity index (χ4n) is 2.22. The van der Waals surface area contributed by atoms with Gasteiger partial charge in [0.25, 0.3) is 0 Å². The molecule has 2 heterocycles. The van der Waals surface area contributed by atoms with Crippen molar-refractivity contribution in [3.63, 3.8) is 0 Å². The molecule has 8 heteroatoms. The number of thiol groups is 1. The van der Waals surface area contributed by atoms with Crippen molar-refractivity contribution in [2.24, 2.45) is 0 Å². The van der Waals surface area contributed by atoms with Gasteiger partial charge in [0, 0.05) is 17.9 Å². The van der Waals surface area contributed by atoms with E-state index in [0.29, 0.717) is 6.42 Å². The summed E-state index contributed by atoms with van der Waals surface area (Å²) in [7, 11) is 0. The summed E-state index contributed by atoms with van der Waals surface area (Å²) >= 11 is 4.42. The molecule has 0 bridgehead atoms. The van der Waals surface area contributed by atoms with Crippen LogP contribution in [0.1, 0.15) is 34.1 Å². The number of nitrogens with zero attached hydrogens (tertiary/aromatic N) is 1. The molecule has 0 spiro atoms. The zero-order valence-corrected chi connectivity index (χ0v) is 14.1. The fourth-order valence-corrected chi connectivity index (χ4v) is 2.47. The van der Waals surface area contributed by atoms with E-state index in [2.05, 4.69) is 23.3 Å². The van der Waals surface area contributed by atoms with Gasteiger partial charge < -0.3 is 14.8 Å². The number of amides is 3. The molecular formula is C14H23N3O4S. The second-order valence-electron chi connectivity index (χ2n) is 6.42. The van der Waals surface area contributed by atoms with E-state index >= 15 is 0 Å². The van der Waals surface area contributed by atoms with Crippen LogP contribution in [0.2, 0.25) is 0 Å². The van der Waals surface area contributed by atoms with E-state index in [1.54, 1.807) is 33.0 Å². The number of hydrogen-bond donors (Lipinski definition) is 3. The van der Waals surface area contributed by atoms with E-state index in [1.807, 2.05) is 6.92 Å². The van der Waals surface area contributed by atoms with Gasteiger partial charge in [-0.2, -0.15) is 12.6 Å². The second-order valence-corrected chi connectivity index (χ2v) is 7.08. The number of hydrogen-bond acceptors (Lipinski definition) is 5. The predicted molar refractivity (Wildman–Crippen MR) is 84.4 cm³/mol. The van der Waals surface area contributed by atoms with Crippen molar-refractivity contribution in [3.05, 3.63) is 12.3 Å². The predicted octanol–water partition coefficient (Wildman–Crippen LogP) is 1.81. The van der Waals surface area contributed by atoms with Gasteiger partial charge in [-0.15, -0.1) is 0 Å². The first kappa shape index (κ1) is 17.0. The molecule has 0 aromatic heterocycles. The minimum atomic E-state index is -0.607. The Kier molecular flexibility index (Phi) is 4.91. The van der Waals surface area contributed by atoms with Crippen molar-refractivity contribution >= 4 is 24.8 Å². The van der Waals surface area contributed by atoms with Gasteiger partial charge in [0.2, 0.25) is 0 Å². The Labute approximate surface area is 135 Å². The first-order chi connectivity index (χ1) is 10.2. The van der Waals surface area contributed by atoms with Gasteiger partial charge in [-0.05, 0) is 33.8 Å². The molecule has 0 aromatic carbocycles. The normalized spacial score (nSPS) is 31.9. The van der Waals surface area contributed by atoms with Gasteiger partial charge in [-0.3, -0.25) is 10.2 Å². The van der Waals surface area contributed by atoms with Gasteiger partial charge in [0.05, 0.1) is 6.10 Å². The van der Waals surface area contributed by atoms with E-state index in [4.69, 9.17) is 9.47 Å². The average molecular weight is 329 g/mol. The van der Waals surface area contributed by atoms with Crippen LogP contribution in [0.5, 0.6) is 0 Å². The molecule has 2 aliphatic heterocycles. The molecule has 0 aliphatic carbocycles. The molecule has 4 atom stereocenters. The summed E-state index contributed by atoms with van der Waals surface area (Å²) in [4.78, 5) is 25.3. The Morgan fingerprint density at radius 2 is 2.23 bits per heavy atom. The van der Waals surface area contributed by atoms with Crippen molar-refractivity contribution < 1.29 is 19.1 Å². The first-order valence-corrected chi connectivity index (χ1v) is 7.77. The molecule has 124 valence electrons. The number of urea groups is 1. The third-order valence-electron chi connectivity index (χ3n) is 3.29. The number of carbonyl (C=O) groups excluding carboxylic acids is 2. The molecular weight excluding hydrogens is 306 g/mol. The molecule has 1 fully saturated rings. The smallest absolute Gasteiger partial charge is 0.409 e. The third kappa shape index (κ3) is 4.30. The van der Waals surface area contributed by atoms with Crippen LogP contribution in [0.3, 0.4) is 0 Å². The summed E-state index contributed by atoms with van der Waals surface area (Å²) in [5.74, 6) is 0. The Balaban J connectivity index is 1.91. The molecule has 2 N–H and O–H groups in total. The largest absolute Gasteiger partial charge is 0.444 e. The first-order valence-electron chi connectivity index (χ1n) is 7.26. The van der Waals surface area contributed by atoms with E-state index in [9.17, 15) is 9.59 Å². The summed E-state index contributed by atoms with van der Waals surface area (Å²) in [6.45, 7) is 7.25. The van der Waals surface area contributed by atoms with Crippen molar-refractivity contribution in [2.45, 2.75) is 63.5 Å². The van der Waals surface area contributed by atoms with Crippen LogP contribution in [0.4, 0.5) is 9.59 Å². The Hall–Kier alpha value is -1.41. The van der Waals surface area contributed by atoms with Gasteiger partial charge in [0.1, 0.15) is 18.0 Å². The van der Waals surface area contributed by atoms with Gasteiger partial charge in [0.15, 0.2) is 0 Å². The molecule has 2 rings (SSSR count). The molecule has 22 heavy (non-hydrogen) atoms. The number of nitrogens with one attached hydrogen (secondary N) is 2. The molecule has 2 aliphatic rings. The maximum atomic E-state index is 12.1. The minimum absolute atomic E-state index is 0.00727. The summed E-state index contributed by atoms with van der Waals surface area (Å²) in [5, 5.41) is 5.35. The number of rotatable bonds is 2. The van der Waals surface area contributed by atoms with Crippen LogP contribution < -0.4 is 10.6 Å². The fraction of sp³-hybridized carbons (Fsp3) is 0.714. The van der Waals surface area contributed by atoms with Crippen LogP contribution in [0.25, 0.3) is 0 Å². The van der Waals surface area contributed by atoms with Crippen LogP contribution in [-0.2, 0) is 9.47 Å². The van der Waals surface area contributed by atoms with Gasteiger partial charge in [-0.25, -0.2) is 9.59 Å². The molecule has 2 unspecified atom stereocenters. The highest BCUT2D eigenvalue weighted by Crippen LogP contribution is 2.27. The van der Waals surface area contributed by atoms with Crippen molar-refractivity contribution in [1.29, 1.82) is 0 Å². The van der Waals surface area contributed by atoms with Crippen molar-refractivity contribution in [3.8, 4) is 0 Å². The van der Waals surface area contributed by atoms with Crippen LogP contribution in [0, 0.1) is 0 Å². The van der Waals surface area contributed by atoms with Crippen molar-refractivity contribution in [2.75, 3.05) is 0 Å². The number of carbonyl (C=O) groups is 2. The maximum Gasteiger partial charge on any atom is 0.409 e. The summed E-state index contributed by atoms with van der Waals surface area (Å²) in [6.07, 6.45) is 2.41. The molecule has 3 amide bonds. The van der Waals surface area contributed by atoms with Crippen LogP contribution in [-0.4, -0.2) is 46.4 Å². The van der Waals surface area contributed by atoms with Crippen molar-refractivity contribution in [1.82, 2.24) is 15.5 Å². The van der Waals surface area contributed by atoms with Gasteiger partial charge >= 0.3 is 12.1 Å². The molecule has 0 saturated carbocycles. The molecule has 0 aromatic rings. The van der Waals surface area contributed by atoms with Crippen LogP contribution >= 0.6 is 12.6 Å². The quantitative estimate of drug-likeness (QED) is 0.675. The standard InChI is InChI=1S/C14H23N3O4S/c1-8-9(22)7-11(20-8)17-6-5-10(15-12(17)18)16-13(19)21-14(2,3)4/h5-6,8-11,22H,7H2,1-4H3,(H,15,18)(H,16,19)/t8-,9?,10?,11-/m1/s1. The van der Waals surface area contributed by atoms with Crippen LogP contribution in [0.15, 0.2) is 12.3 Å². The highest BCUT2D eigenvalue weighted by atomic mass is 32.1. The highest BCUT2D eigenvalue weighted by molar-refractivity contribution is 7.81. The van der Waals surface area contributed by atoms with E-state index in [0.717, 1.165) is 0 Å². The second kappa shape index (κ2) is 6.37. The maximum absolute atomic E-state index is 12.1. The van der Waals surface area contributed by atoms with E-state index < -0.39 is 17.9 Å². The lowest BCUT2D eigenvalue weighted by Crippen LogP contribution is -2.55. The van der Waals surface area contributed by atoms with E-state index in [1.165, 1.54) is 4.90 Å². The lowest BCUT2D eigenvalue weighted by molar-refractivity contribution is -0.0107. The molecule has 7 nitrogen and oxygen atoms in total. The van der Waals surface area contributed by atoms with Gasteiger partial charge in [-0.1, -0.05) is 0 Å². The minimum Gasteiger partial charge on any atom is -0.444 e. The number of alkyl carbamates (subject to hydrolysis) is 1. The molecule has 0 radical (unpaired) electrons. The Bertz CT molecular complexity index is 467. The third-order valence-corrected chi connectivity index (χ3v) is 3.92. The lowest BCUT2D eigenvalue weighted by atomic mass is 10.2. The average Bonchev–Trinajstić information content (AvgIpc) is 2.66. The summed E-state index contributed by atoms with van der Waals surface area (Å²) < 4.78 is 10.8. The Morgan fingerprint density at radius 3 is 2.73 bits per heavy atom.